The lowest BCUT2D eigenvalue weighted by atomic mass is 10.2. The third-order valence-corrected chi connectivity index (χ3v) is 2.75. The van der Waals surface area contributed by atoms with Crippen LogP contribution >= 0.6 is 11.6 Å². The summed E-state index contributed by atoms with van der Waals surface area (Å²) >= 11 is 6.04. The van der Waals surface area contributed by atoms with E-state index in [1.807, 2.05) is 13.0 Å². The fourth-order valence-electron chi connectivity index (χ4n) is 1.36. The van der Waals surface area contributed by atoms with E-state index in [0.29, 0.717) is 17.3 Å². The van der Waals surface area contributed by atoms with Gasteiger partial charge in [0.1, 0.15) is 6.10 Å². The second kappa shape index (κ2) is 7.19. The maximum Gasteiger partial charge on any atom is 0.253 e. The molecule has 0 radical (unpaired) electrons. The molecular weight excluding hydrogens is 250 g/mol. The summed E-state index contributed by atoms with van der Waals surface area (Å²) in [5.41, 5.74) is 1.65. The van der Waals surface area contributed by atoms with Crippen LogP contribution in [0.4, 0.5) is 5.69 Å². The smallest absolute Gasteiger partial charge is 0.253 e. The molecule has 0 aliphatic rings. The number of hydrogen-bond acceptors (Lipinski definition) is 2. The van der Waals surface area contributed by atoms with Gasteiger partial charge in [0.15, 0.2) is 0 Å². The zero-order valence-electron chi connectivity index (χ0n) is 10.7. The molecule has 1 atom stereocenters. The molecule has 1 N–H and O–H groups in total. The summed E-state index contributed by atoms with van der Waals surface area (Å²) in [7, 11) is 0. The van der Waals surface area contributed by atoms with Crippen molar-refractivity contribution in [3.8, 4) is 0 Å². The fraction of sp³-hybridized carbons (Fsp3) is 0.357. The molecule has 0 bridgehead atoms. The van der Waals surface area contributed by atoms with Crippen molar-refractivity contribution in [1.29, 1.82) is 0 Å². The van der Waals surface area contributed by atoms with E-state index in [9.17, 15) is 4.79 Å². The Morgan fingerprint density at radius 2 is 2.33 bits per heavy atom. The summed E-state index contributed by atoms with van der Waals surface area (Å²) in [6, 6.07) is 5.48. The van der Waals surface area contributed by atoms with Gasteiger partial charge >= 0.3 is 0 Å². The average Bonchev–Trinajstić information content (AvgIpc) is 2.32. The summed E-state index contributed by atoms with van der Waals surface area (Å²) in [5, 5.41) is 3.27. The van der Waals surface area contributed by atoms with Gasteiger partial charge in [-0.25, -0.2) is 0 Å². The Morgan fingerprint density at radius 1 is 1.61 bits per heavy atom. The zero-order chi connectivity index (χ0) is 13.5. The van der Waals surface area contributed by atoms with Crippen molar-refractivity contribution < 1.29 is 9.53 Å². The highest BCUT2D eigenvalue weighted by Gasteiger charge is 2.14. The average molecular weight is 268 g/mol. The SMILES string of the molecule is C=CCCOC(C)C(=O)Nc1ccc(C)cc1Cl. The standard InChI is InChI=1S/C14H18ClNO2/c1-4-5-8-18-11(3)14(17)16-13-7-6-10(2)9-12(13)15/h4,6-7,9,11H,1,5,8H2,2-3H3,(H,16,17). The van der Waals surface area contributed by atoms with Gasteiger partial charge in [-0.15, -0.1) is 6.58 Å². The van der Waals surface area contributed by atoms with E-state index in [0.717, 1.165) is 12.0 Å². The fourth-order valence-corrected chi connectivity index (χ4v) is 1.64. The van der Waals surface area contributed by atoms with Gasteiger partial charge < -0.3 is 10.1 Å². The first-order chi connectivity index (χ1) is 8.54. The van der Waals surface area contributed by atoms with Crippen molar-refractivity contribution in [2.45, 2.75) is 26.4 Å². The number of nitrogens with one attached hydrogen (secondary N) is 1. The Kier molecular flexibility index (Phi) is 5.89. The third kappa shape index (κ3) is 4.51. The van der Waals surface area contributed by atoms with Crippen LogP contribution in [0.1, 0.15) is 18.9 Å². The van der Waals surface area contributed by atoms with E-state index in [-0.39, 0.29) is 5.91 Å². The normalized spacial score (nSPS) is 11.9. The maximum absolute atomic E-state index is 11.8. The molecule has 18 heavy (non-hydrogen) atoms. The predicted molar refractivity (Wildman–Crippen MR) is 75.0 cm³/mol. The van der Waals surface area contributed by atoms with Gasteiger partial charge in [-0.3, -0.25) is 4.79 Å². The number of hydrogen-bond donors (Lipinski definition) is 1. The van der Waals surface area contributed by atoms with E-state index >= 15 is 0 Å². The lowest BCUT2D eigenvalue weighted by Gasteiger charge is -2.13. The Hall–Kier alpha value is -1.32. The molecule has 0 aromatic heterocycles. The van der Waals surface area contributed by atoms with Gasteiger partial charge in [-0.2, -0.15) is 0 Å². The molecule has 0 fully saturated rings. The minimum Gasteiger partial charge on any atom is -0.368 e. The molecule has 1 aromatic carbocycles. The number of anilines is 1. The molecule has 98 valence electrons. The van der Waals surface area contributed by atoms with Crippen LogP contribution in [-0.2, 0) is 9.53 Å². The van der Waals surface area contributed by atoms with Crippen molar-refractivity contribution in [3.63, 3.8) is 0 Å². The van der Waals surface area contributed by atoms with Gasteiger partial charge in [0.05, 0.1) is 17.3 Å². The number of carbonyl (C=O) groups excluding carboxylic acids is 1. The summed E-state index contributed by atoms with van der Waals surface area (Å²) in [5.74, 6) is -0.204. The van der Waals surface area contributed by atoms with E-state index < -0.39 is 6.10 Å². The summed E-state index contributed by atoms with van der Waals surface area (Å²) in [6.45, 7) is 7.73. The molecule has 0 spiro atoms. The van der Waals surface area contributed by atoms with Crippen LogP contribution in [0, 0.1) is 6.92 Å². The lowest BCUT2D eigenvalue weighted by Crippen LogP contribution is -2.28. The quantitative estimate of drug-likeness (QED) is 0.632. The van der Waals surface area contributed by atoms with Gasteiger partial charge in [0, 0.05) is 0 Å². The van der Waals surface area contributed by atoms with Crippen LogP contribution in [0.3, 0.4) is 0 Å². The first kappa shape index (κ1) is 14.7. The predicted octanol–water partition coefficient (Wildman–Crippen LogP) is 3.57. The van der Waals surface area contributed by atoms with Crippen molar-refractivity contribution in [1.82, 2.24) is 0 Å². The summed E-state index contributed by atoms with van der Waals surface area (Å²) < 4.78 is 5.35. The van der Waals surface area contributed by atoms with Crippen LogP contribution < -0.4 is 5.32 Å². The molecule has 1 aromatic rings. The van der Waals surface area contributed by atoms with Gasteiger partial charge in [-0.1, -0.05) is 23.7 Å². The number of benzene rings is 1. The van der Waals surface area contributed by atoms with Crippen LogP contribution in [-0.4, -0.2) is 18.6 Å². The molecule has 1 rings (SSSR count). The minimum atomic E-state index is -0.512. The van der Waals surface area contributed by atoms with Gasteiger partial charge in [-0.05, 0) is 38.0 Å². The van der Waals surface area contributed by atoms with Crippen molar-refractivity contribution in [2.24, 2.45) is 0 Å². The molecule has 1 unspecified atom stereocenters. The Morgan fingerprint density at radius 3 is 2.94 bits per heavy atom. The molecule has 0 heterocycles. The van der Waals surface area contributed by atoms with Crippen LogP contribution in [0.15, 0.2) is 30.9 Å². The molecule has 0 saturated heterocycles. The number of rotatable bonds is 6. The van der Waals surface area contributed by atoms with Gasteiger partial charge in [0.2, 0.25) is 0 Å². The maximum atomic E-state index is 11.8. The molecular formula is C14H18ClNO2. The number of ether oxygens (including phenoxy) is 1. The van der Waals surface area contributed by atoms with Crippen LogP contribution in [0.5, 0.6) is 0 Å². The number of amides is 1. The highest BCUT2D eigenvalue weighted by Crippen LogP contribution is 2.22. The first-order valence-corrected chi connectivity index (χ1v) is 6.22. The Bertz CT molecular complexity index is 432. The molecule has 1 amide bonds. The highest BCUT2D eigenvalue weighted by molar-refractivity contribution is 6.33. The van der Waals surface area contributed by atoms with E-state index in [1.165, 1.54) is 0 Å². The molecule has 0 aliphatic heterocycles. The lowest BCUT2D eigenvalue weighted by molar-refractivity contribution is -0.126. The Labute approximate surface area is 113 Å². The molecule has 3 nitrogen and oxygen atoms in total. The van der Waals surface area contributed by atoms with E-state index in [2.05, 4.69) is 11.9 Å². The highest BCUT2D eigenvalue weighted by atomic mass is 35.5. The topological polar surface area (TPSA) is 38.3 Å². The summed E-state index contributed by atoms with van der Waals surface area (Å²) in [4.78, 5) is 11.8. The van der Waals surface area contributed by atoms with Crippen LogP contribution in [0.2, 0.25) is 5.02 Å². The van der Waals surface area contributed by atoms with Crippen molar-refractivity contribution in [2.75, 3.05) is 11.9 Å². The number of aryl methyl sites for hydroxylation is 1. The van der Waals surface area contributed by atoms with Crippen molar-refractivity contribution >= 4 is 23.2 Å². The molecule has 4 heteroatoms. The third-order valence-electron chi connectivity index (χ3n) is 2.44. The Balaban J connectivity index is 2.55. The monoisotopic (exact) mass is 267 g/mol. The van der Waals surface area contributed by atoms with E-state index in [1.54, 1.807) is 25.1 Å². The van der Waals surface area contributed by atoms with E-state index in [4.69, 9.17) is 16.3 Å². The zero-order valence-corrected chi connectivity index (χ0v) is 11.5. The van der Waals surface area contributed by atoms with Crippen molar-refractivity contribution in [3.05, 3.63) is 41.4 Å². The molecule has 0 saturated carbocycles. The summed E-state index contributed by atoms with van der Waals surface area (Å²) in [6.07, 6.45) is 1.96. The second-order valence-corrected chi connectivity index (χ2v) is 4.47. The molecule has 0 aliphatic carbocycles. The van der Waals surface area contributed by atoms with Gasteiger partial charge in [0.25, 0.3) is 5.91 Å². The number of carbonyl (C=O) groups is 1. The van der Waals surface area contributed by atoms with Crippen LogP contribution in [0.25, 0.3) is 0 Å². The number of halogens is 1. The minimum absolute atomic E-state index is 0.204. The second-order valence-electron chi connectivity index (χ2n) is 4.06. The largest absolute Gasteiger partial charge is 0.368 e. The first-order valence-electron chi connectivity index (χ1n) is 5.84.